The van der Waals surface area contributed by atoms with E-state index >= 15 is 0 Å². The van der Waals surface area contributed by atoms with Gasteiger partial charge in [-0.1, -0.05) is 12.1 Å². The van der Waals surface area contributed by atoms with Gasteiger partial charge < -0.3 is 14.8 Å². The van der Waals surface area contributed by atoms with Gasteiger partial charge in [-0.3, -0.25) is 4.98 Å². The Balaban J connectivity index is 2.14. The molecule has 0 saturated heterocycles. The highest BCUT2D eigenvalue weighted by Crippen LogP contribution is 2.23. The average molecular weight is 244 g/mol. The smallest absolute Gasteiger partial charge is 0.147 e. The minimum atomic E-state index is 0.575. The highest BCUT2D eigenvalue weighted by atomic mass is 16.5. The van der Waals surface area contributed by atoms with Crippen molar-refractivity contribution < 1.29 is 9.47 Å². The monoisotopic (exact) mass is 244 g/mol. The van der Waals surface area contributed by atoms with E-state index in [1.807, 2.05) is 37.4 Å². The van der Waals surface area contributed by atoms with Crippen LogP contribution in [-0.2, 0) is 11.3 Å². The molecule has 0 unspecified atom stereocenters. The van der Waals surface area contributed by atoms with Gasteiger partial charge in [0, 0.05) is 20.2 Å². The van der Waals surface area contributed by atoms with Crippen LogP contribution in [0.2, 0.25) is 0 Å². The molecule has 18 heavy (non-hydrogen) atoms. The van der Waals surface area contributed by atoms with Crippen molar-refractivity contribution in [1.82, 2.24) is 4.98 Å². The third kappa shape index (κ3) is 3.21. The molecule has 0 atom stereocenters. The van der Waals surface area contributed by atoms with E-state index in [1.165, 1.54) is 0 Å². The van der Waals surface area contributed by atoms with Gasteiger partial charge >= 0.3 is 0 Å². The first-order valence-corrected chi connectivity index (χ1v) is 5.70. The lowest BCUT2D eigenvalue weighted by Crippen LogP contribution is -1.92. The normalized spacial score (nSPS) is 10.1. The summed E-state index contributed by atoms with van der Waals surface area (Å²) in [5.74, 6) is 1.48. The van der Waals surface area contributed by atoms with Crippen molar-refractivity contribution in [3.05, 3.63) is 48.3 Å². The van der Waals surface area contributed by atoms with Crippen LogP contribution in [0.1, 0.15) is 5.56 Å². The van der Waals surface area contributed by atoms with Crippen LogP contribution < -0.4 is 10.1 Å². The van der Waals surface area contributed by atoms with Gasteiger partial charge in [-0.2, -0.15) is 0 Å². The molecule has 0 fully saturated rings. The van der Waals surface area contributed by atoms with E-state index in [-0.39, 0.29) is 0 Å². The highest BCUT2D eigenvalue weighted by Gasteiger charge is 2.00. The molecule has 0 spiro atoms. The first-order valence-electron chi connectivity index (χ1n) is 5.70. The second kappa shape index (κ2) is 6.02. The van der Waals surface area contributed by atoms with Gasteiger partial charge in [0.25, 0.3) is 0 Å². The van der Waals surface area contributed by atoms with Crippen LogP contribution in [0.3, 0.4) is 0 Å². The van der Waals surface area contributed by atoms with E-state index in [0.717, 1.165) is 17.0 Å². The Hall–Kier alpha value is -2.07. The molecule has 1 heterocycles. The number of rotatable bonds is 5. The molecule has 4 heteroatoms. The second-order valence-corrected chi connectivity index (χ2v) is 3.84. The molecule has 2 rings (SSSR count). The van der Waals surface area contributed by atoms with Gasteiger partial charge in [0.05, 0.1) is 24.7 Å². The van der Waals surface area contributed by atoms with Crippen molar-refractivity contribution in [3.8, 4) is 11.5 Å². The maximum atomic E-state index is 5.75. The van der Waals surface area contributed by atoms with Gasteiger partial charge in [0.15, 0.2) is 0 Å². The fraction of sp³-hybridized carbons (Fsp3) is 0.214. The van der Waals surface area contributed by atoms with Crippen molar-refractivity contribution in [2.45, 2.75) is 6.61 Å². The number of ether oxygens (including phenoxy) is 2. The summed E-state index contributed by atoms with van der Waals surface area (Å²) in [6.45, 7) is 0.575. The lowest BCUT2D eigenvalue weighted by Gasteiger charge is -2.08. The third-order valence-electron chi connectivity index (χ3n) is 2.45. The van der Waals surface area contributed by atoms with E-state index in [0.29, 0.717) is 12.4 Å². The minimum absolute atomic E-state index is 0.575. The van der Waals surface area contributed by atoms with Crippen LogP contribution in [0, 0.1) is 0 Å². The lowest BCUT2D eigenvalue weighted by atomic mass is 10.2. The number of pyridine rings is 1. The number of hydrogen-bond acceptors (Lipinski definition) is 4. The van der Waals surface area contributed by atoms with Crippen molar-refractivity contribution in [2.24, 2.45) is 0 Å². The maximum absolute atomic E-state index is 5.75. The summed E-state index contributed by atoms with van der Waals surface area (Å²) >= 11 is 0. The van der Waals surface area contributed by atoms with Crippen molar-refractivity contribution in [1.29, 1.82) is 0 Å². The summed E-state index contributed by atoms with van der Waals surface area (Å²) in [4.78, 5) is 4.10. The van der Waals surface area contributed by atoms with Crippen LogP contribution in [0.25, 0.3) is 0 Å². The summed E-state index contributed by atoms with van der Waals surface area (Å²) in [6.07, 6.45) is 3.43. The Labute approximate surface area is 107 Å². The number of benzene rings is 1. The number of anilines is 1. The number of aromatic nitrogens is 1. The fourth-order valence-corrected chi connectivity index (χ4v) is 1.61. The van der Waals surface area contributed by atoms with Crippen molar-refractivity contribution in [2.75, 3.05) is 19.5 Å². The van der Waals surface area contributed by atoms with Crippen LogP contribution in [0.15, 0.2) is 42.7 Å². The summed E-state index contributed by atoms with van der Waals surface area (Å²) in [5, 5.41) is 3.02. The molecule has 0 amide bonds. The number of methoxy groups -OCH3 is 1. The average Bonchev–Trinajstić information content (AvgIpc) is 2.40. The molecule has 1 aromatic carbocycles. The standard InChI is InChI=1S/C14H16N2O2/c1-15-12-7-14(9-16-8-12)18-13-5-3-4-11(6-13)10-17-2/h3-9,15H,10H2,1-2H3. The first kappa shape index (κ1) is 12.4. The molecule has 94 valence electrons. The summed E-state index contributed by atoms with van der Waals surface area (Å²) < 4.78 is 10.8. The zero-order valence-electron chi connectivity index (χ0n) is 10.5. The molecule has 2 aromatic rings. The Bertz CT molecular complexity index is 515. The molecule has 0 aliphatic carbocycles. The van der Waals surface area contributed by atoms with E-state index in [1.54, 1.807) is 19.5 Å². The molecular weight excluding hydrogens is 228 g/mol. The quantitative estimate of drug-likeness (QED) is 0.877. The predicted molar refractivity (Wildman–Crippen MR) is 71.0 cm³/mol. The Morgan fingerprint density at radius 2 is 2.06 bits per heavy atom. The number of hydrogen-bond donors (Lipinski definition) is 1. The molecule has 0 bridgehead atoms. The molecular formula is C14H16N2O2. The second-order valence-electron chi connectivity index (χ2n) is 3.84. The van der Waals surface area contributed by atoms with E-state index in [4.69, 9.17) is 9.47 Å². The largest absolute Gasteiger partial charge is 0.456 e. The van der Waals surface area contributed by atoms with Crippen molar-refractivity contribution >= 4 is 5.69 Å². The van der Waals surface area contributed by atoms with Crippen molar-refractivity contribution in [3.63, 3.8) is 0 Å². The predicted octanol–water partition coefficient (Wildman–Crippen LogP) is 3.06. The maximum Gasteiger partial charge on any atom is 0.147 e. The SMILES string of the molecule is CNc1cncc(Oc2cccc(COC)c2)c1. The minimum Gasteiger partial charge on any atom is -0.456 e. The highest BCUT2D eigenvalue weighted by molar-refractivity contribution is 5.45. The molecule has 1 N–H and O–H groups in total. The Kier molecular flexibility index (Phi) is 4.15. The fourth-order valence-electron chi connectivity index (χ4n) is 1.61. The number of nitrogens with one attached hydrogen (secondary N) is 1. The summed E-state index contributed by atoms with van der Waals surface area (Å²) in [6, 6.07) is 9.70. The third-order valence-corrected chi connectivity index (χ3v) is 2.45. The van der Waals surface area contributed by atoms with E-state index in [9.17, 15) is 0 Å². The topological polar surface area (TPSA) is 43.4 Å². The Morgan fingerprint density at radius 1 is 1.17 bits per heavy atom. The van der Waals surface area contributed by atoms with E-state index in [2.05, 4.69) is 10.3 Å². The summed E-state index contributed by atoms with van der Waals surface area (Å²) in [7, 11) is 3.52. The Morgan fingerprint density at radius 3 is 2.83 bits per heavy atom. The molecule has 0 saturated carbocycles. The first-order chi connectivity index (χ1) is 8.81. The van der Waals surface area contributed by atoms with Gasteiger partial charge in [0.1, 0.15) is 11.5 Å². The van der Waals surface area contributed by atoms with Crippen LogP contribution in [-0.4, -0.2) is 19.1 Å². The van der Waals surface area contributed by atoms with Crippen LogP contribution in [0.5, 0.6) is 11.5 Å². The van der Waals surface area contributed by atoms with E-state index < -0.39 is 0 Å². The molecule has 4 nitrogen and oxygen atoms in total. The van der Waals surface area contributed by atoms with Gasteiger partial charge in [-0.15, -0.1) is 0 Å². The lowest BCUT2D eigenvalue weighted by molar-refractivity contribution is 0.184. The summed E-state index contributed by atoms with van der Waals surface area (Å²) in [5.41, 5.74) is 1.99. The molecule has 1 aromatic heterocycles. The zero-order chi connectivity index (χ0) is 12.8. The number of nitrogens with zero attached hydrogens (tertiary/aromatic N) is 1. The van der Waals surface area contributed by atoms with Crippen LogP contribution >= 0.6 is 0 Å². The zero-order valence-corrected chi connectivity index (χ0v) is 10.5. The van der Waals surface area contributed by atoms with Crippen LogP contribution in [0.4, 0.5) is 5.69 Å². The molecule has 0 aliphatic rings. The molecule has 0 radical (unpaired) electrons. The van der Waals surface area contributed by atoms with Gasteiger partial charge in [-0.05, 0) is 17.7 Å². The van der Waals surface area contributed by atoms with Gasteiger partial charge in [-0.25, -0.2) is 0 Å². The molecule has 0 aliphatic heterocycles. The van der Waals surface area contributed by atoms with Gasteiger partial charge in [0.2, 0.25) is 0 Å².